The maximum Gasteiger partial charge on any atom is 0.0467 e. The highest BCUT2D eigenvalue weighted by molar-refractivity contribution is 6.25. The van der Waals surface area contributed by atoms with Crippen LogP contribution in [0, 0.1) is 0 Å². The van der Waals surface area contributed by atoms with E-state index in [-0.39, 0.29) is 5.41 Å². The van der Waals surface area contributed by atoms with Crippen molar-refractivity contribution < 1.29 is 0 Å². The average molecular weight is 866 g/mol. The molecule has 0 bridgehead atoms. The Bertz CT molecular complexity index is 3890. The van der Waals surface area contributed by atoms with Crippen LogP contribution >= 0.6 is 0 Å². The topological polar surface area (TPSA) is 3.24 Å². The Balaban J connectivity index is 0.899. The lowest BCUT2D eigenvalue weighted by Crippen LogP contribution is -2.14. The van der Waals surface area contributed by atoms with Gasteiger partial charge in [0.25, 0.3) is 0 Å². The molecule has 13 rings (SSSR count). The fraction of sp³-hybridized carbons (Fsp3) is 0.0448. The van der Waals surface area contributed by atoms with Crippen molar-refractivity contribution in [3.8, 4) is 55.6 Å². The molecule has 0 saturated carbocycles. The summed E-state index contributed by atoms with van der Waals surface area (Å²) in [4.78, 5) is 2.40. The molecule has 1 nitrogen and oxygen atoms in total. The predicted molar refractivity (Wildman–Crippen MR) is 290 cm³/mol. The molecule has 12 aromatic carbocycles. The van der Waals surface area contributed by atoms with E-state index in [0.29, 0.717) is 0 Å². The summed E-state index contributed by atoms with van der Waals surface area (Å²) in [5.74, 6) is 0. The molecule has 1 aliphatic rings. The van der Waals surface area contributed by atoms with Gasteiger partial charge in [-0.05, 0) is 164 Å². The Kier molecular flexibility index (Phi) is 9.27. The largest absolute Gasteiger partial charge is 0.310 e. The Morgan fingerprint density at radius 2 is 0.706 bits per heavy atom. The molecule has 1 aliphatic carbocycles. The van der Waals surface area contributed by atoms with Crippen molar-refractivity contribution in [1.29, 1.82) is 0 Å². The van der Waals surface area contributed by atoms with Crippen molar-refractivity contribution in [3.05, 3.63) is 260 Å². The Labute approximate surface area is 397 Å². The van der Waals surface area contributed by atoms with E-state index in [0.717, 1.165) is 17.1 Å². The SMILES string of the molecule is CC1(C)c2ccccc2-c2ccc(-c3ccc(N(c4ccc(-c5ccc6c7ccccc7c7ccccc7c6c5)cc4)c4cccc(-c5cccc(-c6cccc7ccccc67)c5)c4)cc3)cc21. The molecule has 0 aromatic heterocycles. The van der Waals surface area contributed by atoms with Gasteiger partial charge >= 0.3 is 0 Å². The van der Waals surface area contributed by atoms with Gasteiger partial charge in [0.1, 0.15) is 0 Å². The number of fused-ring (bicyclic) bond motifs is 10. The monoisotopic (exact) mass is 865 g/mol. The van der Waals surface area contributed by atoms with Crippen LogP contribution in [0.25, 0.3) is 98.7 Å². The second-order valence-electron chi connectivity index (χ2n) is 18.9. The molecule has 0 atom stereocenters. The van der Waals surface area contributed by atoms with E-state index in [1.165, 1.54) is 110 Å². The maximum absolute atomic E-state index is 2.41. The molecule has 0 N–H and O–H groups in total. The van der Waals surface area contributed by atoms with E-state index in [9.17, 15) is 0 Å². The highest BCUT2D eigenvalue weighted by Crippen LogP contribution is 2.50. The smallest absolute Gasteiger partial charge is 0.0467 e. The van der Waals surface area contributed by atoms with Crippen LogP contribution in [-0.4, -0.2) is 0 Å². The van der Waals surface area contributed by atoms with Crippen LogP contribution in [0.3, 0.4) is 0 Å². The third-order valence-electron chi connectivity index (χ3n) is 14.6. The highest BCUT2D eigenvalue weighted by Gasteiger charge is 2.35. The maximum atomic E-state index is 2.41. The molecule has 0 aliphatic heterocycles. The first-order valence-electron chi connectivity index (χ1n) is 23.7. The zero-order chi connectivity index (χ0) is 45.3. The zero-order valence-electron chi connectivity index (χ0n) is 38.1. The summed E-state index contributed by atoms with van der Waals surface area (Å²) in [6, 6.07) is 91.9. The van der Waals surface area contributed by atoms with Gasteiger partial charge in [0.15, 0.2) is 0 Å². The standard InChI is InChI=1S/C67H47N/c1-67(2)65-27-10-9-25-62(65)63-39-33-50(43-66(63)67)45-30-36-53(37-31-45)68(54-19-12-17-48(41-54)47-16-11-18-51(40-47)56-26-13-15-46-14-3-4-20-55(46)56)52-34-28-44(29-35-52)49-32-38-61-59-23-6-5-21-57(59)58-22-7-8-24-60(58)64(61)42-49/h3-43H,1-2H3. The molecule has 68 heavy (non-hydrogen) atoms. The summed E-state index contributed by atoms with van der Waals surface area (Å²) in [5, 5.41) is 10.2. The third kappa shape index (κ3) is 6.54. The molecule has 0 heterocycles. The van der Waals surface area contributed by atoms with Gasteiger partial charge in [-0.2, -0.15) is 0 Å². The van der Waals surface area contributed by atoms with E-state index in [4.69, 9.17) is 0 Å². The quantitative estimate of drug-likeness (QED) is 0.144. The summed E-state index contributed by atoms with van der Waals surface area (Å²) in [6.07, 6.45) is 0. The minimum Gasteiger partial charge on any atom is -0.310 e. The first-order valence-corrected chi connectivity index (χ1v) is 23.7. The van der Waals surface area contributed by atoms with Crippen LogP contribution in [-0.2, 0) is 5.41 Å². The molecule has 320 valence electrons. The van der Waals surface area contributed by atoms with Crippen molar-refractivity contribution in [1.82, 2.24) is 0 Å². The predicted octanol–water partition coefficient (Wildman–Crippen LogP) is 18.7. The normalized spacial score (nSPS) is 12.7. The summed E-state index contributed by atoms with van der Waals surface area (Å²) in [5.41, 5.74) is 18.3. The number of hydrogen-bond acceptors (Lipinski definition) is 1. The Hall–Kier alpha value is -8.52. The molecule has 0 amide bonds. The lowest BCUT2D eigenvalue weighted by atomic mass is 9.81. The van der Waals surface area contributed by atoms with Gasteiger partial charge < -0.3 is 4.90 Å². The lowest BCUT2D eigenvalue weighted by molar-refractivity contribution is 0.660. The molecule has 0 saturated heterocycles. The van der Waals surface area contributed by atoms with Crippen LogP contribution in [0.2, 0.25) is 0 Å². The fourth-order valence-electron chi connectivity index (χ4n) is 11.2. The molecule has 12 aromatic rings. The lowest BCUT2D eigenvalue weighted by Gasteiger charge is -2.26. The van der Waals surface area contributed by atoms with Crippen LogP contribution in [0.5, 0.6) is 0 Å². The van der Waals surface area contributed by atoms with Crippen LogP contribution in [0.4, 0.5) is 17.1 Å². The van der Waals surface area contributed by atoms with Gasteiger partial charge in [0.2, 0.25) is 0 Å². The summed E-state index contributed by atoms with van der Waals surface area (Å²) in [7, 11) is 0. The summed E-state index contributed by atoms with van der Waals surface area (Å²) >= 11 is 0. The zero-order valence-corrected chi connectivity index (χ0v) is 38.1. The van der Waals surface area contributed by atoms with Crippen LogP contribution in [0.1, 0.15) is 25.0 Å². The minimum atomic E-state index is -0.0563. The number of benzene rings is 12. The second-order valence-corrected chi connectivity index (χ2v) is 18.9. The fourth-order valence-corrected chi connectivity index (χ4v) is 11.2. The highest BCUT2D eigenvalue weighted by atomic mass is 15.1. The Morgan fingerprint density at radius 1 is 0.250 bits per heavy atom. The molecular weight excluding hydrogens is 819 g/mol. The number of rotatable bonds is 7. The molecule has 0 spiro atoms. The van der Waals surface area contributed by atoms with E-state index >= 15 is 0 Å². The van der Waals surface area contributed by atoms with Gasteiger partial charge in [-0.15, -0.1) is 0 Å². The number of hydrogen-bond donors (Lipinski definition) is 0. The second kappa shape index (κ2) is 15.8. The Morgan fingerprint density at radius 3 is 1.41 bits per heavy atom. The summed E-state index contributed by atoms with van der Waals surface area (Å²) < 4.78 is 0. The number of anilines is 3. The van der Waals surface area contributed by atoms with Gasteiger partial charge in [0, 0.05) is 22.5 Å². The van der Waals surface area contributed by atoms with Gasteiger partial charge in [-0.25, -0.2) is 0 Å². The molecule has 1 heteroatoms. The average Bonchev–Trinajstić information content (AvgIpc) is 3.64. The van der Waals surface area contributed by atoms with Crippen molar-refractivity contribution >= 4 is 60.2 Å². The van der Waals surface area contributed by atoms with E-state index in [1.807, 2.05) is 0 Å². The van der Waals surface area contributed by atoms with Crippen LogP contribution < -0.4 is 4.90 Å². The molecule has 0 fully saturated rings. The van der Waals surface area contributed by atoms with Crippen molar-refractivity contribution in [2.24, 2.45) is 0 Å². The van der Waals surface area contributed by atoms with Crippen molar-refractivity contribution in [3.63, 3.8) is 0 Å². The van der Waals surface area contributed by atoms with E-state index < -0.39 is 0 Å². The minimum absolute atomic E-state index is 0.0563. The molecular formula is C67H47N. The van der Waals surface area contributed by atoms with Gasteiger partial charge in [0.05, 0.1) is 0 Å². The molecule has 0 unspecified atom stereocenters. The van der Waals surface area contributed by atoms with E-state index in [2.05, 4.69) is 267 Å². The molecule has 0 radical (unpaired) electrons. The first-order chi connectivity index (χ1) is 33.5. The third-order valence-corrected chi connectivity index (χ3v) is 14.6. The van der Waals surface area contributed by atoms with Crippen molar-refractivity contribution in [2.75, 3.05) is 4.90 Å². The van der Waals surface area contributed by atoms with E-state index in [1.54, 1.807) is 0 Å². The summed E-state index contributed by atoms with van der Waals surface area (Å²) in [6.45, 7) is 4.71. The number of nitrogens with zero attached hydrogens (tertiary/aromatic N) is 1. The van der Waals surface area contributed by atoms with Crippen molar-refractivity contribution in [2.45, 2.75) is 19.3 Å². The van der Waals surface area contributed by atoms with Gasteiger partial charge in [-0.3, -0.25) is 0 Å². The first kappa shape index (κ1) is 39.8. The van der Waals surface area contributed by atoms with Gasteiger partial charge in [-0.1, -0.05) is 208 Å². The van der Waals surface area contributed by atoms with Crippen LogP contribution in [0.15, 0.2) is 249 Å².